The Morgan fingerprint density at radius 1 is 1.21 bits per heavy atom. The summed E-state index contributed by atoms with van der Waals surface area (Å²) >= 11 is 0. The number of carbonyl (C=O) groups is 1. The van der Waals surface area contributed by atoms with Gasteiger partial charge in [0.2, 0.25) is 0 Å². The molecule has 1 saturated carbocycles. The topological polar surface area (TPSA) is 79.8 Å². The highest BCUT2D eigenvalue weighted by Crippen LogP contribution is 2.25. The van der Waals surface area contributed by atoms with E-state index in [1.165, 1.54) is 4.57 Å². The van der Waals surface area contributed by atoms with Crippen LogP contribution in [0.2, 0.25) is 0 Å². The summed E-state index contributed by atoms with van der Waals surface area (Å²) in [5, 5.41) is 12.5. The van der Waals surface area contributed by atoms with Gasteiger partial charge in [0, 0.05) is 38.4 Å². The van der Waals surface area contributed by atoms with Crippen LogP contribution in [0.3, 0.4) is 0 Å². The van der Waals surface area contributed by atoms with Crippen molar-refractivity contribution in [1.29, 1.82) is 5.26 Å². The van der Waals surface area contributed by atoms with E-state index in [1.807, 2.05) is 18.5 Å². The Labute approximate surface area is 140 Å². The molecule has 1 aliphatic carbocycles. The number of nitrogens with zero attached hydrogens (tertiary/aromatic N) is 3. The Kier molecular flexibility index (Phi) is 4.18. The zero-order chi connectivity index (χ0) is 17.4. The molecule has 3 rings (SSSR count). The van der Waals surface area contributed by atoms with Crippen molar-refractivity contribution in [2.24, 2.45) is 20.0 Å². The van der Waals surface area contributed by atoms with Gasteiger partial charge >= 0.3 is 0 Å². The lowest BCUT2D eigenvalue weighted by Gasteiger charge is -2.25. The van der Waals surface area contributed by atoms with Crippen LogP contribution < -0.4 is 10.9 Å². The first-order valence-corrected chi connectivity index (χ1v) is 8.28. The van der Waals surface area contributed by atoms with Gasteiger partial charge < -0.3 is 14.5 Å². The number of aromatic nitrogens is 2. The van der Waals surface area contributed by atoms with Gasteiger partial charge in [-0.2, -0.15) is 5.26 Å². The van der Waals surface area contributed by atoms with E-state index in [1.54, 1.807) is 19.4 Å². The lowest BCUT2D eigenvalue weighted by atomic mass is 9.87. The van der Waals surface area contributed by atoms with E-state index < -0.39 is 0 Å². The first-order valence-electron chi connectivity index (χ1n) is 8.28. The highest BCUT2D eigenvalue weighted by molar-refractivity contribution is 6.07. The van der Waals surface area contributed by atoms with Gasteiger partial charge in [-0.3, -0.25) is 9.59 Å². The Morgan fingerprint density at radius 2 is 1.88 bits per heavy atom. The van der Waals surface area contributed by atoms with Crippen LogP contribution in [-0.2, 0) is 14.1 Å². The fourth-order valence-electron chi connectivity index (χ4n) is 3.71. The second kappa shape index (κ2) is 6.16. The number of hydrogen-bond donors (Lipinski definition) is 1. The van der Waals surface area contributed by atoms with E-state index in [4.69, 9.17) is 5.26 Å². The molecule has 1 fully saturated rings. The average Bonchev–Trinajstić information content (AvgIpc) is 2.91. The van der Waals surface area contributed by atoms with Gasteiger partial charge in [-0.1, -0.05) is 0 Å². The van der Waals surface area contributed by atoms with Gasteiger partial charge in [-0.15, -0.1) is 0 Å². The molecule has 1 aliphatic rings. The maximum Gasteiger partial charge on any atom is 0.260 e. The van der Waals surface area contributed by atoms with Gasteiger partial charge in [0.25, 0.3) is 11.5 Å². The number of aryl methyl sites for hydroxylation is 3. The number of carbonyl (C=O) groups excluding carboxylic acids is 1. The van der Waals surface area contributed by atoms with Crippen molar-refractivity contribution in [3.05, 3.63) is 33.9 Å². The standard InChI is InChI=1S/C18H22N4O2/c1-11-9-22(3)18(24)15-14(10-21(2)16(11)15)17(23)20-13-6-4-12(8-19)5-7-13/h9-10,12-13H,4-7H2,1-3H3,(H,20,23)/t12-,13-. The lowest BCUT2D eigenvalue weighted by molar-refractivity contribution is 0.0926. The van der Waals surface area contributed by atoms with Crippen molar-refractivity contribution in [3.8, 4) is 6.07 Å². The van der Waals surface area contributed by atoms with E-state index in [9.17, 15) is 9.59 Å². The molecule has 1 amide bonds. The van der Waals surface area contributed by atoms with Crippen LogP contribution in [0.25, 0.3) is 10.9 Å². The minimum atomic E-state index is -0.205. The summed E-state index contributed by atoms with van der Waals surface area (Å²) in [6.45, 7) is 1.94. The summed E-state index contributed by atoms with van der Waals surface area (Å²) in [5.41, 5.74) is 2.04. The molecule has 24 heavy (non-hydrogen) atoms. The zero-order valence-corrected chi connectivity index (χ0v) is 14.3. The predicted molar refractivity (Wildman–Crippen MR) is 91.7 cm³/mol. The Morgan fingerprint density at radius 3 is 2.50 bits per heavy atom. The van der Waals surface area contributed by atoms with Crippen LogP contribution in [0.4, 0.5) is 0 Å². The average molecular weight is 326 g/mol. The molecule has 0 bridgehead atoms. The van der Waals surface area contributed by atoms with Crippen LogP contribution >= 0.6 is 0 Å². The maximum atomic E-state index is 12.7. The molecule has 0 aromatic carbocycles. The fraction of sp³-hybridized carbons (Fsp3) is 0.500. The number of rotatable bonds is 2. The molecule has 0 spiro atoms. The van der Waals surface area contributed by atoms with E-state index in [2.05, 4.69) is 11.4 Å². The summed E-state index contributed by atoms with van der Waals surface area (Å²) in [6, 6.07) is 2.37. The predicted octanol–water partition coefficient (Wildman–Crippen LogP) is 2.00. The van der Waals surface area contributed by atoms with Crippen molar-refractivity contribution < 1.29 is 4.79 Å². The molecule has 2 aromatic rings. The third-order valence-electron chi connectivity index (χ3n) is 4.97. The van der Waals surface area contributed by atoms with E-state index >= 15 is 0 Å². The fourth-order valence-corrected chi connectivity index (χ4v) is 3.71. The van der Waals surface area contributed by atoms with Crippen LogP contribution in [-0.4, -0.2) is 21.1 Å². The van der Waals surface area contributed by atoms with Gasteiger partial charge in [-0.05, 0) is 38.2 Å². The number of pyridine rings is 1. The van der Waals surface area contributed by atoms with Crippen LogP contribution in [0.1, 0.15) is 41.6 Å². The number of nitriles is 1. The SMILES string of the molecule is Cc1cn(C)c(=O)c2c(C(=O)N[C@H]3CC[C@H](C#N)CC3)cn(C)c12. The molecule has 6 nitrogen and oxygen atoms in total. The normalized spacial score (nSPS) is 20.8. The van der Waals surface area contributed by atoms with Gasteiger partial charge in [0.15, 0.2) is 0 Å². The minimum absolute atomic E-state index is 0.0750. The number of nitrogens with one attached hydrogen (secondary N) is 1. The van der Waals surface area contributed by atoms with Crippen molar-refractivity contribution in [2.45, 2.75) is 38.6 Å². The Bertz CT molecular complexity index is 892. The summed E-state index contributed by atoms with van der Waals surface area (Å²) in [7, 11) is 3.55. The molecule has 0 atom stereocenters. The van der Waals surface area contributed by atoms with Gasteiger partial charge in [0.1, 0.15) is 0 Å². The molecule has 6 heteroatoms. The van der Waals surface area contributed by atoms with Gasteiger partial charge in [-0.25, -0.2) is 0 Å². The van der Waals surface area contributed by atoms with E-state index in [0.717, 1.165) is 36.8 Å². The minimum Gasteiger partial charge on any atom is -0.349 e. The third kappa shape index (κ3) is 2.71. The quantitative estimate of drug-likeness (QED) is 0.916. The summed E-state index contributed by atoms with van der Waals surface area (Å²) in [6.07, 6.45) is 6.78. The lowest BCUT2D eigenvalue weighted by Crippen LogP contribution is -2.37. The number of amides is 1. The summed E-state index contributed by atoms with van der Waals surface area (Å²) < 4.78 is 3.36. The zero-order valence-electron chi connectivity index (χ0n) is 14.3. The smallest absolute Gasteiger partial charge is 0.260 e. The summed E-state index contributed by atoms with van der Waals surface area (Å²) in [4.78, 5) is 25.3. The number of fused-ring (bicyclic) bond motifs is 1. The molecular formula is C18H22N4O2. The van der Waals surface area contributed by atoms with Crippen molar-refractivity contribution in [1.82, 2.24) is 14.5 Å². The second-order valence-electron chi connectivity index (χ2n) is 6.76. The Hall–Kier alpha value is -2.55. The first kappa shape index (κ1) is 16.3. The highest BCUT2D eigenvalue weighted by Gasteiger charge is 2.25. The maximum absolute atomic E-state index is 12.7. The largest absolute Gasteiger partial charge is 0.349 e. The molecular weight excluding hydrogens is 304 g/mol. The highest BCUT2D eigenvalue weighted by atomic mass is 16.2. The molecule has 0 saturated heterocycles. The van der Waals surface area contributed by atoms with Crippen LogP contribution in [0, 0.1) is 24.2 Å². The van der Waals surface area contributed by atoms with Crippen LogP contribution in [0.5, 0.6) is 0 Å². The van der Waals surface area contributed by atoms with E-state index in [-0.39, 0.29) is 23.4 Å². The molecule has 0 aliphatic heterocycles. The van der Waals surface area contributed by atoms with Crippen molar-refractivity contribution >= 4 is 16.8 Å². The monoisotopic (exact) mass is 326 g/mol. The second-order valence-corrected chi connectivity index (χ2v) is 6.76. The first-order chi connectivity index (χ1) is 11.4. The molecule has 0 unspecified atom stereocenters. The number of hydrogen-bond acceptors (Lipinski definition) is 3. The van der Waals surface area contributed by atoms with Crippen molar-refractivity contribution in [3.63, 3.8) is 0 Å². The molecule has 1 N–H and O–H groups in total. The van der Waals surface area contributed by atoms with E-state index in [0.29, 0.717) is 10.9 Å². The van der Waals surface area contributed by atoms with Crippen molar-refractivity contribution in [2.75, 3.05) is 0 Å². The Balaban J connectivity index is 1.91. The third-order valence-corrected chi connectivity index (χ3v) is 4.97. The summed E-state index contributed by atoms with van der Waals surface area (Å²) in [5.74, 6) is -0.102. The molecule has 2 aromatic heterocycles. The molecule has 2 heterocycles. The van der Waals surface area contributed by atoms with Crippen LogP contribution in [0.15, 0.2) is 17.2 Å². The molecule has 126 valence electrons. The molecule has 0 radical (unpaired) electrons. The van der Waals surface area contributed by atoms with Gasteiger partial charge in [0.05, 0.1) is 22.5 Å².